The Balaban J connectivity index is 2.45. The van der Waals surface area contributed by atoms with Crippen LogP contribution < -0.4 is 0 Å². The highest BCUT2D eigenvalue weighted by atomic mass is 16.5. The molecular formula is C23H31NO5. The predicted octanol–water partition coefficient (Wildman–Crippen LogP) is 3.95. The van der Waals surface area contributed by atoms with Gasteiger partial charge in [0.25, 0.3) is 5.91 Å². The maximum Gasteiger partial charge on any atom is 0.319 e. The molecule has 6 heteroatoms. The fraction of sp³-hybridized carbons (Fsp3) is 0.522. The van der Waals surface area contributed by atoms with Crippen molar-refractivity contribution in [3.63, 3.8) is 0 Å². The molecule has 1 aromatic rings. The summed E-state index contributed by atoms with van der Waals surface area (Å²) < 4.78 is 11.0. The van der Waals surface area contributed by atoms with Gasteiger partial charge in [-0.2, -0.15) is 0 Å². The van der Waals surface area contributed by atoms with Gasteiger partial charge in [-0.1, -0.05) is 44.2 Å². The number of ether oxygens (including phenoxy) is 2. The van der Waals surface area contributed by atoms with E-state index in [1.807, 2.05) is 30.3 Å². The van der Waals surface area contributed by atoms with Gasteiger partial charge >= 0.3 is 5.97 Å². The largest absolute Gasteiger partial charge is 0.477 e. The van der Waals surface area contributed by atoms with Crippen LogP contribution in [0.15, 0.2) is 36.1 Å². The van der Waals surface area contributed by atoms with Gasteiger partial charge in [-0.05, 0) is 46.1 Å². The van der Waals surface area contributed by atoms with Crippen molar-refractivity contribution in [1.82, 2.24) is 4.90 Å². The number of carbonyl (C=O) groups is 3. The lowest BCUT2D eigenvalue weighted by atomic mass is 9.71. The zero-order chi connectivity index (χ0) is 21.8. The summed E-state index contributed by atoms with van der Waals surface area (Å²) in [5.74, 6) is -0.646. The number of benzene rings is 1. The van der Waals surface area contributed by atoms with Gasteiger partial charge in [0, 0.05) is 0 Å². The number of hydrogen-bond donors (Lipinski definition) is 0. The molecule has 6 nitrogen and oxygen atoms in total. The molecule has 0 saturated carbocycles. The highest BCUT2D eigenvalue weighted by Gasteiger charge is 2.54. The van der Waals surface area contributed by atoms with E-state index in [2.05, 4.69) is 0 Å². The molecule has 0 fully saturated rings. The van der Waals surface area contributed by atoms with Crippen LogP contribution in [0.3, 0.4) is 0 Å². The molecule has 1 heterocycles. The first-order valence-electron chi connectivity index (χ1n) is 10.1. The Hall–Kier alpha value is -2.63. The third kappa shape index (κ3) is 3.93. The molecule has 0 aromatic heterocycles. The van der Waals surface area contributed by atoms with Gasteiger partial charge < -0.3 is 9.47 Å². The highest BCUT2D eigenvalue weighted by Crippen LogP contribution is 2.38. The van der Waals surface area contributed by atoms with E-state index >= 15 is 0 Å². The second-order valence-corrected chi connectivity index (χ2v) is 7.70. The van der Waals surface area contributed by atoms with Crippen molar-refractivity contribution in [2.75, 3.05) is 13.3 Å². The second-order valence-electron chi connectivity index (χ2n) is 7.70. The zero-order valence-corrected chi connectivity index (χ0v) is 18.2. The minimum Gasteiger partial charge on any atom is -0.477 e. The Bertz CT molecular complexity index is 806. The number of amides is 1. The van der Waals surface area contributed by atoms with Crippen molar-refractivity contribution in [1.29, 1.82) is 0 Å². The third-order valence-electron chi connectivity index (χ3n) is 5.82. The summed E-state index contributed by atoms with van der Waals surface area (Å²) in [5, 5.41) is 0. The molecule has 0 atom stereocenters. The van der Waals surface area contributed by atoms with Gasteiger partial charge in [-0.15, -0.1) is 0 Å². The molecule has 0 radical (unpaired) electrons. The topological polar surface area (TPSA) is 72.9 Å². The van der Waals surface area contributed by atoms with Gasteiger partial charge in [0.2, 0.25) is 0 Å². The van der Waals surface area contributed by atoms with E-state index in [1.54, 1.807) is 41.5 Å². The lowest BCUT2D eigenvalue weighted by Crippen LogP contribution is -2.61. The average Bonchev–Trinajstić information content (AvgIpc) is 2.70. The summed E-state index contributed by atoms with van der Waals surface area (Å²) in [5.41, 5.74) is -1.41. The normalized spacial score (nSPS) is 15.2. The van der Waals surface area contributed by atoms with Crippen LogP contribution in [-0.2, 0) is 23.9 Å². The number of hydrogen-bond acceptors (Lipinski definition) is 5. The molecule has 0 unspecified atom stereocenters. The molecule has 0 saturated heterocycles. The van der Waals surface area contributed by atoms with Gasteiger partial charge in [0.15, 0.2) is 12.5 Å². The Morgan fingerprint density at radius 1 is 1.10 bits per heavy atom. The first-order valence-corrected chi connectivity index (χ1v) is 10.1. The standard InChI is InChI=1S/C23H31NO5/c1-7-23(8-2,21(27)28-9-3)20(26)22(5,6)24-15-29-16(4)18(19(24)25)17-13-11-10-12-14-17/h10-14H,7-9,15H2,1-6H3. The Kier molecular flexibility index (Phi) is 6.88. The van der Waals surface area contributed by atoms with E-state index in [-0.39, 0.29) is 25.0 Å². The molecule has 0 spiro atoms. The number of Topliss-reactive ketones (excluding diaryl/α,β-unsaturated/α-hetero) is 1. The number of carbonyl (C=O) groups excluding carboxylic acids is 3. The number of esters is 1. The van der Waals surface area contributed by atoms with Gasteiger partial charge in [-0.3, -0.25) is 19.3 Å². The molecule has 0 bridgehead atoms. The van der Waals surface area contributed by atoms with Crippen molar-refractivity contribution in [2.45, 2.75) is 59.9 Å². The lowest BCUT2D eigenvalue weighted by molar-refractivity contribution is -0.168. The van der Waals surface area contributed by atoms with E-state index in [0.29, 0.717) is 24.2 Å². The van der Waals surface area contributed by atoms with Gasteiger partial charge in [0.05, 0.1) is 12.2 Å². The van der Waals surface area contributed by atoms with Crippen LogP contribution in [-0.4, -0.2) is 41.4 Å². The molecule has 0 N–H and O–H groups in total. The number of nitrogens with zero attached hydrogens (tertiary/aromatic N) is 1. The predicted molar refractivity (Wildman–Crippen MR) is 111 cm³/mol. The van der Waals surface area contributed by atoms with E-state index in [0.717, 1.165) is 5.56 Å². The number of rotatable bonds is 8. The monoisotopic (exact) mass is 401 g/mol. The van der Waals surface area contributed by atoms with Crippen molar-refractivity contribution in [3.8, 4) is 0 Å². The fourth-order valence-electron chi connectivity index (χ4n) is 3.85. The van der Waals surface area contributed by atoms with Gasteiger partial charge in [0.1, 0.15) is 16.7 Å². The maximum absolute atomic E-state index is 13.7. The van der Waals surface area contributed by atoms with Gasteiger partial charge in [-0.25, -0.2) is 0 Å². The molecule has 1 aliphatic heterocycles. The minimum atomic E-state index is -1.30. The lowest BCUT2D eigenvalue weighted by Gasteiger charge is -2.44. The van der Waals surface area contributed by atoms with E-state index in [9.17, 15) is 14.4 Å². The van der Waals surface area contributed by atoms with Crippen molar-refractivity contribution >= 4 is 23.2 Å². The summed E-state index contributed by atoms with van der Waals surface area (Å²) in [6.45, 7) is 10.5. The third-order valence-corrected chi connectivity index (χ3v) is 5.82. The van der Waals surface area contributed by atoms with Crippen LogP contribution in [0.2, 0.25) is 0 Å². The summed E-state index contributed by atoms with van der Waals surface area (Å²) in [4.78, 5) is 41.2. The second kappa shape index (κ2) is 8.80. The van der Waals surface area contributed by atoms with E-state index < -0.39 is 16.9 Å². The van der Waals surface area contributed by atoms with Crippen LogP contribution in [0, 0.1) is 5.41 Å². The molecule has 1 aromatic carbocycles. The molecule has 158 valence electrons. The Morgan fingerprint density at radius 3 is 2.21 bits per heavy atom. The number of ketones is 1. The number of allylic oxidation sites excluding steroid dienone is 1. The Morgan fingerprint density at radius 2 is 1.69 bits per heavy atom. The molecule has 0 aliphatic carbocycles. The maximum atomic E-state index is 13.7. The first-order chi connectivity index (χ1) is 13.7. The quantitative estimate of drug-likeness (QED) is 0.487. The van der Waals surface area contributed by atoms with Crippen LogP contribution in [0.1, 0.15) is 59.9 Å². The molecular weight excluding hydrogens is 370 g/mol. The molecule has 29 heavy (non-hydrogen) atoms. The minimum absolute atomic E-state index is 0.0495. The van der Waals surface area contributed by atoms with Crippen LogP contribution in [0.5, 0.6) is 0 Å². The van der Waals surface area contributed by atoms with Crippen LogP contribution >= 0.6 is 0 Å². The average molecular weight is 402 g/mol. The molecule has 1 aliphatic rings. The van der Waals surface area contributed by atoms with Crippen LogP contribution in [0.25, 0.3) is 5.57 Å². The van der Waals surface area contributed by atoms with Crippen molar-refractivity contribution < 1.29 is 23.9 Å². The summed E-state index contributed by atoms with van der Waals surface area (Å²) >= 11 is 0. The fourth-order valence-corrected chi connectivity index (χ4v) is 3.85. The summed E-state index contributed by atoms with van der Waals surface area (Å²) in [6, 6.07) is 9.23. The summed E-state index contributed by atoms with van der Waals surface area (Å²) in [6.07, 6.45) is 0.599. The smallest absolute Gasteiger partial charge is 0.319 e. The highest BCUT2D eigenvalue weighted by molar-refractivity contribution is 6.22. The zero-order valence-electron chi connectivity index (χ0n) is 18.2. The van der Waals surface area contributed by atoms with E-state index in [4.69, 9.17) is 9.47 Å². The Labute approximate surface area is 172 Å². The molecule has 2 rings (SSSR count). The first kappa shape index (κ1) is 22.7. The van der Waals surface area contributed by atoms with Crippen molar-refractivity contribution in [2.24, 2.45) is 5.41 Å². The van der Waals surface area contributed by atoms with Crippen LogP contribution in [0.4, 0.5) is 0 Å². The summed E-state index contributed by atoms with van der Waals surface area (Å²) in [7, 11) is 0. The molecule has 1 amide bonds. The van der Waals surface area contributed by atoms with Crippen molar-refractivity contribution in [3.05, 3.63) is 41.7 Å². The SMILES string of the molecule is CCOC(=O)C(CC)(CC)C(=O)C(C)(C)N1COC(C)=C(c2ccccc2)C1=O. The van der Waals surface area contributed by atoms with E-state index in [1.165, 1.54) is 4.90 Å².